The molecule has 0 amide bonds. The molecule has 7 nitrogen and oxygen atoms in total. The molecule has 0 radical (unpaired) electrons. The second-order valence-electron chi connectivity index (χ2n) is 8.05. The van der Waals surface area contributed by atoms with Crippen LogP contribution in [0.4, 0.5) is 0 Å². The maximum Gasteiger partial charge on any atom is 0.466 e. The number of aliphatic hydroxyl groups is 1. The summed E-state index contributed by atoms with van der Waals surface area (Å²) in [4.78, 5) is 21.6. The predicted octanol–water partition coefficient (Wildman–Crippen LogP) is 5.12. The number of hydrogen-bond acceptors (Lipinski definition) is 4. The summed E-state index contributed by atoms with van der Waals surface area (Å²) >= 11 is 0. The van der Waals surface area contributed by atoms with E-state index in [9.17, 15) is 8.42 Å². The zero-order valence-electron chi connectivity index (χ0n) is 19.0. The highest BCUT2D eigenvalue weighted by Crippen LogP contribution is 2.25. The fourth-order valence-corrected chi connectivity index (χ4v) is 4.67. The van der Waals surface area contributed by atoms with Gasteiger partial charge < -0.3 is 19.8 Å². The van der Waals surface area contributed by atoms with Crippen LogP contribution in [-0.4, -0.2) is 46.3 Å². The van der Waals surface area contributed by atoms with Crippen molar-refractivity contribution in [1.82, 2.24) is 0 Å². The molecule has 0 aromatic carbocycles. The van der Waals surface area contributed by atoms with Crippen molar-refractivity contribution in [3.8, 4) is 0 Å². The standard InChI is InChI=1S/C21H44O3S.H3O4P/c1-2-3-4-5-6-7-8-9-10-11-12-13-14-15-16-17-20-25(23,24)21-18-19-22;1-5(2,3)4/h22H,2-21H2,1H3;(H3,1,2,3,4). The molecule has 0 heterocycles. The Hall–Kier alpha value is 0.0200. The average Bonchev–Trinajstić information content (AvgIpc) is 2.65. The molecule has 0 atom stereocenters. The molecule has 0 aliphatic rings. The van der Waals surface area contributed by atoms with Crippen LogP contribution in [0.5, 0.6) is 0 Å². The maximum absolute atomic E-state index is 11.6. The van der Waals surface area contributed by atoms with E-state index in [0.29, 0.717) is 12.2 Å². The lowest BCUT2D eigenvalue weighted by atomic mass is 10.0. The minimum atomic E-state index is -4.64. The minimum Gasteiger partial charge on any atom is -0.396 e. The van der Waals surface area contributed by atoms with E-state index in [2.05, 4.69) is 6.92 Å². The SMILES string of the molecule is CCCCCCCCCCCCCCCCCCS(=O)(=O)CCCO.O=P(O)(O)O. The fraction of sp³-hybridized carbons (Fsp3) is 1.00. The zero-order chi connectivity index (χ0) is 23.1. The van der Waals surface area contributed by atoms with E-state index < -0.39 is 17.7 Å². The van der Waals surface area contributed by atoms with Crippen molar-refractivity contribution in [3.05, 3.63) is 0 Å². The van der Waals surface area contributed by atoms with E-state index in [1.54, 1.807) is 0 Å². The van der Waals surface area contributed by atoms with Crippen LogP contribution in [0.3, 0.4) is 0 Å². The van der Waals surface area contributed by atoms with Gasteiger partial charge in [-0.15, -0.1) is 0 Å². The number of sulfone groups is 1. The molecule has 0 rings (SSSR count). The second-order valence-corrected chi connectivity index (χ2v) is 11.4. The third-order valence-corrected chi connectivity index (χ3v) is 6.74. The summed E-state index contributed by atoms with van der Waals surface area (Å²) in [6, 6.07) is 0. The van der Waals surface area contributed by atoms with Gasteiger partial charge in [0.2, 0.25) is 0 Å². The van der Waals surface area contributed by atoms with Gasteiger partial charge in [-0.25, -0.2) is 13.0 Å². The van der Waals surface area contributed by atoms with E-state index >= 15 is 0 Å². The number of phosphoric acid groups is 1. The van der Waals surface area contributed by atoms with Gasteiger partial charge in [0.15, 0.2) is 0 Å². The third kappa shape index (κ3) is 35.5. The van der Waals surface area contributed by atoms with Gasteiger partial charge in [-0.05, 0) is 12.8 Å². The monoisotopic (exact) mass is 474 g/mol. The Bertz CT molecular complexity index is 483. The van der Waals surface area contributed by atoms with Crippen LogP contribution in [0.1, 0.15) is 116 Å². The van der Waals surface area contributed by atoms with Crippen molar-refractivity contribution in [2.45, 2.75) is 116 Å². The molecular formula is C21H47O7PS. The van der Waals surface area contributed by atoms with E-state index in [0.717, 1.165) is 19.3 Å². The van der Waals surface area contributed by atoms with E-state index in [1.165, 1.54) is 83.5 Å². The molecule has 0 saturated carbocycles. The Morgan fingerprint density at radius 1 is 0.567 bits per heavy atom. The Morgan fingerprint density at radius 3 is 1.13 bits per heavy atom. The van der Waals surface area contributed by atoms with Gasteiger partial charge in [0.1, 0.15) is 9.84 Å². The molecule has 0 aromatic rings. The molecule has 0 unspecified atom stereocenters. The second kappa shape index (κ2) is 22.2. The first kappa shape index (κ1) is 32.2. The first-order chi connectivity index (χ1) is 14.1. The number of rotatable bonds is 20. The van der Waals surface area contributed by atoms with Gasteiger partial charge in [0.05, 0.1) is 11.5 Å². The van der Waals surface area contributed by atoms with Crippen LogP contribution in [-0.2, 0) is 14.4 Å². The van der Waals surface area contributed by atoms with E-state index in [-0.39, 0.29) is 12.4 Å². The van der Waals surface area contributed by atoms with Crippen molar-refractivity contribution >= 4 is 17.7 Å². The zero-order valence-corrected chi connectivity index (χ0v) is 20.7. The van der Waals surface area contributed by atoms with Gasteiger partial charge in [-0.1, -0.05) is 103 Å². The maximum atomic E-state index is 11.6. The van der Waals surface area contributed by atoms with Crippen molar-refractivity contribution in [1.29, 1.82) is 0 Å². The smallest absolute Gasteiger partial charge is 0.396 e. The number of aliphatic hydroxyl groups excluding tert-OH is 1. The molecule has 30 heavy (non-hydrogen) atoms. The molecule has 0 saturated heterocycles. The first-order valence-electron chi connectivity index (χ1n) is 11.7. The van der Waals surface area contributed by atoms with E-state index in [4.69, 9.17) is 24.4 Å². The molecular weight excluding hydrogens is 427 g/mol. The number of hydrogen-bond donors (Lipinski definition) is 4. The highest BCUT2D eigenvalue weighted by atomic mass is 32.2. The normalized spacial score (nSPS) is 11.9. The summed E-state index contributed by atoms with van der Waals surface area (Å²) in [5.41, 5.74) is 0. The van der Waals surface area contributed by atoms with Crippen LogP contribution < -0.4 is 0 Å². The molecule has 184 valence electrons. The minimum absolute atomic E-state index is 0.0296. The summed E-state index contributed by atoms with van der Waals surface area (Å²) < 4.78 is 32.1. The quantitative estimate of drug-likeness (QED) is 0.142. The first-order valence-corrected chi connectivity index (χ1v) is 15.1. The predicted molar refractivity (Wildman–Crippen MR) is 124 cm³/mol. The molecule has 0 aliphatic carbocycles. The van der Waals surface area contributed by atoms with Crippen molar-refractivity contribution in [2.75, 3.05) is 18.1 Å². The summed E-state index contributed by atoms with van der Waals surface area (Å²) in [6.07, 6.45) is 21.2. The summed E-state index contributed by atoms with van der Waals surface area (Å²) in [5.74, 6) is 0.438. The lowest BCUT2D eigenvalue weighted by molar-refractivity contribution is 0.275. The van der Waals surface area contributed by atoms with Gasteiger partial charge >= 0.3 is 7.82 Å². The van der Waals surface area contributed by atoms with Crippen LogP contribution in [0.2, 0.25) is 0 Å². The molecule has 0 aliphatic heterocycles. The topological polar surface area (TPSA) is 132 Å². The lowest BCUT2D eigenvalue weighted by Gasteiger charge is -2.04. The fourth-order valence-electron chi connectivity index (χ4n) is 3.26. The average molecular weight is 475 g/mol. The summed E-state index contributed by atoms with van der Waals surface area (Å²) in [5, 5.41) is 8.68. The summed E-state index contributed by atoms with van der Waals surface area (Å²) in [6.45, 7) is 2.24. The molecule has 0 spiro atoms. The molecule has 4 N–H and O–H groups in total. The van der Waals surface area contributed by atoms with Crippen LogP contribution in [0.25, 0.3) is 0 Å². The highest BCUT2D eigenvalue weighted by Gasteiger charge is 2.09. The Morgan fingerprint density at radius 2 is 0.833 bits per heavy atom. The van der Waals surface area contributed by atoms with Gasteiger partial charge in [0, 0.05) is 6.61 Å². The van der Waals surface area contributed by atoms with Gasteiger partial charge in [-0.2, -0.15) is 0 Å². The summed E-state index contributed by atoms with van der Waals surface area (Å²) in [7, 11) is -7.56. The Balaban J connectivity index is 0. The largest absolute Gasteiger partial charge is 0.466 e. The van der Waals surface area contributed by atoms with Crippen LogP contribution in [0.15, 0.2) is 0 Å². The van der Waals surface area contributed by atoms with Crippen molar-refractivity contribution in [2.24, 2.45) is 0 Å². The van der Waals surface area contributed by atoms with Crippen LogP contribution >= 0.6 is 7.82 Å². The highest BCUT2D eigenvalue weighted by molar-refractivity contribution is 7.91. The van der Waals surface area contributed by atoms with E-state index in [1.807, 2.05) is 0 Å². The molecule has 0 fully saturated rings. The van der Waals surface area contributed by atoms with Gasteiger partial charge in [0.25, 0.3) is 0 Å². The Kier molecular flexibility index (Phi) is 23.9. The van der Waals surface area contributed by atoms with Crippen molar-refractivity contribution in [3.63, 3.8) is 0 Å². The molecule has 0 aromatic heterocycles. The van der Waals surface area contributed by atoms with Crippen LogP contribution in [0, 0.1) is 0 Å². The lowest BCUT2D eigenvalue weighted by Crippen LogP contribution is -2.12. The van der Waals surface area contributed by atoms with Crippen molar-refractivity contribution < 1.29 is 32.8 Å². The van der Waals surface area contributed by atoms with Gasteiger partial charge in [-0.3, -0.25) is 0 Å². The number of unbranched alkanes of at least 4 members (excludes halogenated alkanes) is 15. The molecule has 0 bridgehead atoms. The Labute approximate surface area is 184 Å². The third-order valence-electron chi connectivity index (χ3n) is 4.92. The molecule has 9 heteroatoms.